The summed E-state index contributed by atoms with van der Waals surface area (Å²) in [5.41, 5.74) is 5.24. The average Bonchev–Trinajstić information content (AvgIpc) is 3.12. The molecule has 6 nitrogen and oxygen atoms in total. The van der Waals surface area contributed by atoms with Crippen molar-refractivity contribution in [1.82, 2.24) is 5.01 Å². The van der Waals surface area contributed by atoms with E-state index in [0.717, 1.165) is 27.3 Å². The predicted octanol–water partition coefficient (Wildman–Crippen LogP) is 4.69. The first-order valence-electron chi connectivity index (χ1n) is 11.1. The van der Waals surface area contributed by atoms with Crippen LogP contribution >= 0.6 is 15.9 Å². The van der Waals surface area contributed by atoms with Gasteiger partial charge in [-0.1, -0.05) is 48.5 Å². The summed E-state index contributed by atoms with van der Waals surface area (Å²) in [6.45, 7) is 0. The molecule has 0 radical (unpaired) electrons. The van der Waals surface area contributed by atoms with Crippen molar-refractivity contribution in [3.63, 3.8) is 0 Å². The van der Waals surface area contributed by atoms with Crippen LogP contribution in [0.5, 0.6) is 11.5 Å². The number of hydrogen-bond acceptors (Lipinski definition) is 5. The second kappa shape index (κ2) is 7.81. The molecular weight excluding hydrogens is 496 g/mol. The second-order valence-electron chi connectivity index (χ2n) is 8.74. The summed E-state index contributed by atoms with van der Waals surface area (Å²) in [6.07, 6.45) is 1.52. The third-order valence-electron chi connectivity index (χ3n) is 7.20. The summed E-state index contributed by atoms with van der Waals surface area (Å²) in [5, 5.41) is 5.43. The van der Waals surface area contributed by atoms with Crippen LogP contribution < -0.4 is 9.47 Å². The van der Waals surface area contributed by atoms with Crippen LogP contribution in [0.2, 0.25) is 0 Å². The topological polar surface area (TPSA) is 68.2 Å². The predicted molar refractivity (Wildman–Crippen MR) is 130 cm³/mol. The number of rotatable bonds is 4. The van der Waals surface area contributed by atoms with Gasteiger partial charge in [0.2, 0.25) is 0 Å². The number of carbonyl (C=O) groups excluding carboxylic acids is 2. The van der Waals surface area contributed by atoms with Crippen molar-refractivity contribution >= 4 is 34.0 Å². The molecule has 2 bridgehead atoms. The zero-order valence-corrected chi connectivity index (χ0v) is 20.2. The van der Waals surface area contributed by atoms with Gasteiger partial charge >= 0.3 is 0 Å². The van der Waals surface area contributed by atoms with Crippen LogP contribution in [-0.4, -0.2) is 37.3 Å². The van der Waals surface area contributed by atoms with E-state index >= 15 is 0 Å². The first-order chi connectivity index (χ1) is 16.5. The molecule has 34 heavy (non-hydrogen) atoms. The van der Waals surface area contributed by atoms with E-state index in [9.17, 15) is 9.59 Å². The fourth-order valence-electron chi connectivity index (χ4n) is 5.91. The summed E-state index contributed by atoms with van der Waals surface area (Å²) >= 11 is 3.47. The van der Waals surface area contributed by atoms with E-state index in [1.807, 2.05) is 24.3 Å². The monoisotopic (exact) mass is 516 g/mol. The largest absolute Gasteiger partial charge is 0.493 e. The van der Waals surface area contributed by atoms with Crippen LogP contribution in [0.1, 0.15) is 39.7 Å². The van der Waals surface area contributed by atoms with Gasteiger partial charge in [-0.3, -0.25) is 9.59 Å². The lowest BCUT2D eigenvalue weighted by molar-refractivity contribution is -0.139. The minimum atomic E-state index is -0.448. The molecule has 0 aromatic heterocycles. The van der Waals surface area contributed by atoms with Crippen LogP contribution in [0.15, 0.2) is 70.2 Å². The zero-order chi connectivity index (χ0) is 23.6. The molecular formula is C27H21BrN2O4. The van der Waals surface area contributed by atoms with Crippen molar-refractivity contribution in [2.75, 3.05) is 14.2 Å². The number of hydrogen-bond donors (Lipinski definition) is 0. The molecule has 2 amide bonds. The van der Waals surface area contributed by atoms with Gasteiger partial charge in [-0.2, -0.15) is 10.1 Å². The maximum absolute atomic E-state index is 13.6. The Kier molecular flexibility index (Phi) is 4.85. The van der Waals surface area contributed by atoms with Gasteiger partial charge in [0.05, 0.1) is 36.7 Å². The molecule has 1 aliphatic heterocycles. The third-order valence-corrected chi connectivity index (χ3v) is 7.79. The van der Waals surface area contributed by atoms with Crippen LogP contribution in [-0.2, 0) is 9.59 Å². The van der Waals surface area contributed by atoms with Crippen LogP contribution in [0.3, 0.4) is 0 Å². The van der Waals surface area contributed by atoms with E-state index in [-0.39, 0.29) is 23.7 Å². The normalized spacial score (nSPS) is 24.3. The maximum atomic E-state index is 13.6. The van der Waals surface area contributed by atoms with E-state index < -0.39 is 11.8 Å². The van der Waals surface area contributed by atoms with E-state index in [1.165, 1.54) is 6.21 Å². The Morgan fingerprint density at radius 3 is 1.76 bits per heavy atom. The third kappa shape index (κ3) is 2.83. The zero-order valence-electron chi connectivity index (χ0n) is 18.6. The Hall–Kier alpha value is -3.45. The molecule has 0 spiro atoms. The number of nitrogens with zero attached hydrogens (tertiary/aromatic N) is 2. The molecule has 1 fully saturated rings. The van der Waals surface area contributed by atoms with Crippen molar-refractivity contribution < 1.29 is 19.1 Å². The first kappa shape index (κ1) is 21.1. The molecule has 1 saturated heterocycles. The lowest BCUT2D eigenvalue weighted by Crippen LogP contribution is -2.41. The smallest absolute Gasteiger partial charge is 0.254 e. The maximum Gasteiger partial charge on any atom is 0.254 e. The van der Waals surface area contributed by atoms with Gasteiger partial charge in [-0.15, -0.1) is 0 Å². The molecule has 170 valence electrons. The molecule has 0 N–H and O–H groups in total. The summed E-state index contributed by atoms with van der Waals surface area (Å²) in [5.74, 6) is -0.590. The number of benzene rings is 3. The van der Waals surface area contributed by atoms with Crippen molar-refractivity contribution in [2.24, 2.45) is 16.9 Å². The van der Waals surface area contributed by atoms with E-state index in [4.69, 9.17) is 9.47 Å². The minimum absolute atomic E-state index is 0.144. The van der Waals surface area contributed by atoms with Gasteiger partial charge in [-0.05, 0) is 55.9 Å². The number of carbonyl (C=O) groups is 2. The van der Waals surface area contributed by atoms with Crippen LogP contribution in [0.25, 0.3) is 0 Å². The fourth-order valence-corrected chi connectivity index (χ4v) is 6.53. The van der Waals surface area contributed by atoms with E-state index in [0.29, 0.717) is 21.5 Å². The van der Waals surface area contributed by atoms with Gasteiger partial charge in [0.1, 0.15) is 0 Å². The lowest BCUT2D eigenvalue weighted by Gasteiger charge is -2.45. The molecule has 2 atom stereocenters. The summed E-state index contributed by atoms with van der Waals surface area (Å²) < 4.78 is 11.4. The summed E-state index contributed by atoms with van der Waals surface area (Å²) in [7, 11) is 3.11. The van der Waals surface area contributed by atoms with Gasteiger partial charge in [0.15, 0.2) is 11.5 Å². The van der Waals surface area contributed by atoms with Crippen molar-refractivity contribution in [3.8, 4) is 11.5 Å². The van der Waals surface area contributed by atoms with Crippen molar-refractivity contribution in [2.45, 2.75) is 11.8 Å². The van der Waals surface area contributed by atoms with Crippen LogP contribution in [0, 0.1) is 11.8 Å². The highest BCUT2D eigenvalue weighted by Crippen LogP contribution is 2.60. The summed E-state index contributed by atoms with van der Waals surface area (Å²) in [6, 6.07) is 19.9. The standard InChI is InChI=1S/C27H21BrN2O4/c1-33-20-12-14(11-19(28)25(20)34-2)13-29-30-26(31)23-21-15-7-3-4-8-16(15)22(24(23)27(30)32)18-10-6-5-9-17(18)21/h3-13,21-24H,1-2H3/b29-13-/t21?,22?,23-,24-/m1/s1. The van der Waals surface area contributed by atoms with E-state index in [1.54, 1.807) is 26.4 Å². The number of hydrazone groups is 1. The Morgan fingerprint density at radius 1 is 0.824 bits per heavy atom. The average molecular weight is 517 g/mol. The highest BCUT2D eigenvalue weighted by Gasteiger charge is 2.61. The van der Waals surface area contributed by atoms with Crippen molar-refractivity contribution in [1.29, 1.82) is 0 Å². The molecule has 3 aliphatic carbocycles. The molecule has 3 aromatic carbocycles. The molecule has 7 rings (SSSR count). The molecule has 7 heteroatoms. The molecule has 4 aliphatic rings. The minimum Gasteiger partial charge on any atom is -0.493 e. The fraction of sp³-hybridized carbons (Fsp3) is 0.222. The van der Waals surface area contributed by atoms with Gasteiger partial charge in [0, 0.05) is 11.8 Å². The Balaban J connectivity index is 1.40. The molecule has 3 aromatic rings. The molecule has 0 saturated carbocycles. The van der Waals surface area contributed by atoms with Crippen LogP contribution in [0.4, 0.5) is 0 Å². The highest BCUT2D eigenvalue weighted by molar-refractivity contribution is 9.10. The molecule has 0 unspecified atom stereocenters. The van der Waals surface area contributed by atoms with Crippen molar-refractivity contribution in [3.05, 3.63) is 93.0 Å². The second-order valence-corrected chi connectivity index (χ2v) is 9.59. The SMILES string of the molecule is COc1cc(/C=N\N2C(=O)[C@@H]3C4c5ccccc5C(c5ccccc54)[C@H]3C2=O)cc(Br)c1OC. The van der Waals surface area contributed by atoms with Gasteiger partial charge < -0.3 is 9.47 Å². The number of imide groups is 1. The lowest BCUT2D eigenvalue weighted by atomic mass is 9.55. The Bertz CT molecular complexity index is 1270. The number of ether oxygens (including phenoxy) is 2. The van der Waals surface area contributed by atoms with E-state index in [2.05, 4.69) is 45.3 Å². The highest BCUT2D eigenvalue weighted by atomic mass is 79.9. The number of halogens is 1. The quantitative estimate of drug-likeness (QED) is 0.372. The Labute approximate surface area is 205 Å². The first-order valence-corrected chi connectivity index (χ1v) is 11.9. The summed E-state index contributed by atoms with van der Waals surface area (Å²) in [4.78, 5) is 27.2. The molecule has 1 heterocycles. The van der Waals surface area contributed by atoms with Gasteiger partial charge in [0.25, 0.3) is 11.8 Å². The number of amides is 2. The Morgan fingerprint density at radius 2 is 1.32 bits per heavy atom. The number of methoxy groups -OCH3 is 2. The van der Waals surface area contributed by atoms with Gasteiger partial charge in [-0.25, -0.2) is 0 Å².